The van der Waals surface area contributed by atoms with Gasteiger partial charge < -0.3 is 20.1 Å². The van der Waals surface area contributed by atoms with Crippen LogP contribution in [0.2, 0.25) is 0 Å². The lowest BCUT2D eigenvalue weighted by molar-refractivity contribution is 0.188. The lowest BCUT2D eigenvalue weighted by Gasteiger charge is -2.20. The van der Waals surface area contributed by atoms with Gasteiger partial charge in [-0.25, -0.2) is 4.99 Å². The average Bonchev–Trinajstić information content (AvgIpc) is 2.90. The number of rotatable bonds is 4. The minimum Gasteiger partial charge on any atom is -0.497 e. The third kappa shape index (κ3) is 3.87. The second-order valence-corrected chi connectivity index (χ2v) is 4.91. The molecule has 1 aromatic carbocycles. The van der Waals surface area contributed by atoms with Crippen molar-refractivity contribution in [3.8, 4) is 5.75 Å². The van der Waals surface area contributed by atoms with Crippen molar-refractivity contribution < 1.29 is 9.84 Å². The van der Waals surface area contributed by atoms with Gasteiger partial charge in [-0.15, -0.1) is 0 Å². The fraction of sp³-hybridized carbons (Fsp3) is 0.533. The summed E-state index contributed by atoms with van der Waals surface area (Å²) in [5.74, 6) is 1.71. The second kappa shape index (κ2) is 7.14. The van der Waals surface area contributed by atoms with Crippen LogP contribution in [0.4, 0.5) is 0 Å². The summed E-state index contributed by atoms with van der Waals surface area (Å²) in [5.41, 5.74) is 1.11. The van der Waals surface area contributed by atoms with Crippen molar-refractivity contribution in [2.45, 2.75) is 26.0 Å². The van der Waals surface area contributed by atoms with Gasteiger partial charge in [0, 0.05) is 19.6 Å². The normalized spacial score (nSPS) is 19.2. The first-order chi connectivity index (χ1) is 9.72. The molecule has 1 saturated heterocycles. The quantitative estimate of drug-likeness (QED) is 0.642. The second-order valence-electron chi connectivity index (χ2n) is 4.91. The Morgan fingerprint density at radius 2 is 2.40 bits per heavy atom. The number of benzene rings is 1. The maximum Gasteiger partial charge on any atom is 0.194 e. The highest BCUT2D eigenvalue weighted by molar-refractivity contribution is 5.80. The van der Waals surface area contributed by atoms with Gasteiger partial charge >= 0.3 is 0 Å². The highest BCUT2D eigenvalue weighted by Crippen LogP contribution is 2.14. The minimum absolute atomic E-state index is 0.240. The number of hydrogen-bond donors (Lipinski definition) is 2. The van der Waals surface area contributed by atoms with Crippen LogP contribution in [0.5, 0.6) is 5.75 Å². The Kier molecular flexibility index (Phi) is 5.24. The zero-order valence-electron chi connectivity index (χ0n) is 12.2. The molecule has 0 aliphatic carbocycles. The van der Waals surface area contributed by atoms with Crippen molar-refractivity contribution in [1.82, 2.24) is 10.2 Å². The Morgan fingerprint density at radius 3 is 3.05 bits per heavy atom. The van der Waals surface area contributed by atoms with Crippen LogP contribution in [0.25, 0.3) is 0 Å². The van der Waals surface area contributed by atoms with Crippen LogP contribution in [0.15, 0.2) is 29.3 Å². The highest BCUT2D eigenvalue weighted by atomic mass is 16.5. The van der Waals surface area contributed by atoms with Crippen molar-refractivity contribution in [1.29, 1.82) is 0 Å². The van der Waals surface area contributed by atoms with Gasteiger partial charge in [0.1, 0.15) is 5.75 Å². The molecule has 1 heterocycles. The fourth-order valence-corrected chi connectivity index (χ4v) is 2.30. The van der Waals surface area contributed by atoms with E-state index < -0.39 is 0 Å². The van der Waals surface area contributed by atoms with E-state index in [1.54, 1.807) is 7.11 Å². The van der Waals surface area contributed by atoms with Crippen LogP contribution in [-0.4, -0.2) is 48.8 Å². The molecule has 0 spiro atoms. The average molecular weight is 277 g/mol. The number of likely N-dealkylation sites (tertiary alicyclic amines) is 1. The lowest BCUT2D eigenvalue weighted by atomic mass is 10.2. The van der Waals surface area contributed by atoms with E-state index in [1.807, 2.05) is 31.2 Å². The fourth-order valence-electron chi connectivity index (χ4n) is 2.30. The molecule has 1 aliphatic rings. The number of aliphatic hydroxyl groups is 1. The van der Waals surface area contributed by atoms with E-state index in [4.69, 9.17) is 4.74 Å². The van der Waals surface area contributed by atoms with Gasteiger partial charge in [-0.05, 0) is 31.0 Å². The molecule has 110 valence electrons. The van der Waals surface area contributed by atoms with Gasteiger partial charge in [-0.1, -0.05) is 12.1 Å². The summed E-state index contributed by atoms with van der Waals surface area (Å²) < 4.78 is 5.22. The summed E-state index contributed by atoms with van der Waals surface area (Å²) >= 11 is 0. The summed E-state index contributed by atoms with van der Waals surface area (Å²) in [7, 11) is 1.66. The minimum atomic E-state index is -0.240. The summed E-state index contributed by atoms with van der Waals surface area (Å²) in [6.07, 6.45) is 0.569. The number of aliphatic hydroxyl groups excluding tert-OH is 1. The van der Waals surface area contributed by atoms with Crippen LogP contribution < -0.4 is 10.1 Å². The predicted octanol–water partition coefficient (Wildman–Crippen LogP) is 1.23. The van der Waals surface area contributed by atoms with Crippen LogP contribution in [0, 0.1) is 0 Å². The van der Waals surface area contributed by atoms with E-state index in [1.165, 1.54) is 0 Å². The number of methoxy groups -OCH3 is 1. The molecule has 20 heavy (non-hydrogen) atoms. The van der Waals surface area contributed by atoms with E-state index in [-0.39, 0.29) is 6.10 Å². The van der Waals surface area contributed by atoms with E-state index in [0.29, 0.717) is 13.1 Å². The van der Waals surface area contributed by atoms with Crippen molar-refractivity contribution >= 4 is 5.96 Å². The van der Waals surface area contributed by atoms with Crippen LogP contribution in [0.1, 0.15) is 18.9 Å². The number of nitrogens with one attached hydrogen (secondary N) is 1. The summed E-state index contributed by atoms with van der Waals surface area (Å²) in [6, 6.07) is 7.92. The molecule has 0 radical (unpaired) electrons. The van der Waals surface area contributed by atoms with Crippen LogP contribution in [-0.2, 0) is 6.54 Å². The summed E-state index contributed by atoms with van der Waals surface area (Å²) in [4.78, 5) is 6.75. The standard InChI is InChI=1S/C15H23N3O2/c1-3-16-15(18-8-7-13(19)11-18)17-10-12-5-4-6-14(9-12)20-2/h4-6,9,13,19H,3,7-8,10-11H2,1-2H3,(H,16,17)/t13-/m1/s1. The van der Waals surface area contributed by atoms with Crippen molar-refractivity contribution in [3.05, 3.63) is 29.8 Å². The molecule has 1 aliphatic heterocycles. The largest absolute Gasteiger partial charge is 0.497 e. The zero-order chi connectivity index (χ0) is 14.4. The Bertz CT molecular complexity index is 462. The Hall–Kier alpha value is -1.75. The molecule has 0 aromatic heterocycles. The van der Waals surface area contributed by atoms with E-state index in [0.717, 1.165) is 36.8 Å². The maximum atomic E-state index is 9.63. The Morgan fingerprint density at radius 1 is 1.55 bits per heavy atom. The number of nitrogens with zero attached hydrogens (tertiary/aromatic N) is 2. The predicted molar refractivity (Wildman–Crippen MR) is 80.0 cm³/mol. The molecule has 0 saturated carbocycles. The first kappa shape index (κ1) is 14.7. The third-order valence-corrected chi connectivity index (χ3v) is 3.34. The molecule has 1 fully saturated rings. The number of β-amino-alcohol motifs (C(OH)–C–C–N with tert-alkyl or cyclic N) is 1. The van der Waals surface area contributed by atoms with Gasteiger partial charge in [-0.3, -0.25) is 0 Å². The zero-order valence-corrected chi connectivity index (χ0v) is 12.2. The first-order valence-corrected chi connectivity index (χ1v) is 7.07. The molecule has 5 nitrogen and oxygen atoms in total. The summed E-state index contributed by atoms with van der Waals surface area (Å²) in [5, 5.41) is 12.9. The van der Waals surface area contributed by atoms with Gasteiger partial charge in [0.2, 0.25) is 0 Å². The molecule has 0 unspecified atom stereocenters. The Labute approximate surface area is 120 Å². The number of hydrogen-bond acceptors (Lipinski definition) is 3. The molecule has 1 aromatic rings. The molecule has 0 amide bonds. The highest BCUT2D eigenvalue weighted by Gasteiger charge is 2.22. The molecule has 2 rings (SSSR count). The molecule has 1 atom stereocenters. The van der Waals surface area contributed by atoms with Crippen LogP contribution >= 0.6 is 0 Å². The molecule has 2 N–H and O–H groups in total. The monoisotopic (exact) mass is 277 g/mol. The van der Waals surface area contributed by atoms with E-state index in [9.17, 15) is 5.11 Å². The van der Waals surface area contributed by atoms with Crippen LogP contribution in [0.3, 0.4) is 0 Å². The third-order valence-electron chi connectivity index (χ3n) is 3.34. The molecular weight excluding hydrogens is 254 g/mol. The first-order valence-electron chi connectivity index (χ1n) is 7.07. The SMILES string of the molecule is CCNC(=NCc1cccc(OC)c1)N1CC[C@@H](O)C1. The van der Waals surface area contributed by atoms with E-state index in [2.05, 4.69) is 15.2 Å². The summed E-state index contributed by atoms with van der Waals surface area (Å²) in [6.45, 7) is 4.98. The van der Waals surface area contributed by atoms with Gasteiger partial charge in [0.25, 0.3) is 0 Å². The smallest absolute Gasteiger partial charge is 0.194 e. The molecule has 5 heteroatoms. The topological polar surface area (TPSA) is 57.1 Å². The number of ether oxygens (including phenoxy) is 1. The maximum absolute atomic E-state index is 9.63. The number of guanidine groups is 1. The number of aliphatic imine (C=N–C) groups is 1. The molecular formula is C15H23N3O2. The van der Waals surface area contributed by atoms with Gasteiger partial charge in [-0.2, -0.15) is 0 Å². The van der Waals surface area contributed by atoms with Crippen molar-refractivity contribution in [2.24, 2.45) is 4.99 Å². The Balaban J connectivity index is 2.04. The van der Waals surface area contributed by atoms with Gasteiger partial charge in [0.15, 0.2) is 5.96 Å². The lowest BCUT2D eigenvalue weighted by Crippen LogP contribution is -2.40. The van der Waals surface area contributed by atoms with Gasteiger partial charge in [0.05, 0.1) is 19.8 Å². The van der Waals surface area contributed by atoms with Crippen molar-refractivity contribution in [3.63, 3.8) is 0 Å². The molecule has 0 bridgehead atoms. The van der Waals surface area contributed by atoms with Crippen molar-refractivity contribution in [2.75, 3.05) is 26.7 Å². The van der Waals surface area contributed by atoms with E-state index >= 15 is 0 Å².